The molecule has 2 rings (SSSR count). The summed E-state index contributed by atoms with van der Waals surface area (Å²) >= 11 is 0. The molecule has 0 bridgehead atoms. The maximum atomic E-state index is 12.3. The van der Waals surface area contributed by atoms with Crippen molar-refractivity contribution >= 4 is 11.7 Å². The number of likely N-dealkylation sites (tertiary alicyclic amines) is 1. The Morgan fingerprint density at radius 1 is 1.45 bits per heavy atom. The van der Waals surface area contributed by atoms with Crippen LogP contribution in [0.25, 0.3) is 0 Å². The van der Waals surface area contributed by atoms with E-state index in [1.54, 1.807) is 23.1 Å². The van der Waals surface area contributed by atoms with E-state index in [-0.39, 0.29) is 6.03 Å². The number of amides is 2. The average Bonchev–Trinajstić information content (AvgIpc) is 2.48. The summed E-state index contributed by atoms with van der Waals surface area (Å²) in [4.78, 5) is 14.0. The first kappa shape index (κ1) is 14.2. The van der Waals surface area contributed by atoms with Crippen LogP contribution in [0.4, 0.5) is 10.5 Å². The molecule has 0 spiro atoms. The van der Waals surface area contributed by atoms with Gasteiger partial charge in [-0.25, -0.2) is 4.79 Å². The normalized spacial score (nSPS) is 15.6. The minimum absolute atomic E-state index is 0.169. The Morgan fingerprint density at radius 2 is 2.15 bits per heavy atom. The van der Waals surface area contributed by atoms with Crippen molar-refractivity contribution < 1.29 is 9.53 Å². The number of piperidine rings is 1. The lowest BCUT2D eigenvalue weighted by molar-refractivity contribution is 0.186. The van der Waals surface area contributed by atoms with Crippen molar-refractivity contribution in [2.24, 2.45) is 5.92 Å². The van der Waals surface area contributed by atoms with E-state index < -0.39 is 0 Å². The zero-order valence-electron chi connectivity index (χ0n) is 11.8. The van der Waals surface area contributed by atoms with Gasteiger partial charge in [-0.15, -0.1) is 0 Å². The summed E-state index contributed by atoms with van der Waals surface area (Å²) in [5, 5.41) is 11.9. The second-order valence-electron chi connectivity index (χ2n) is 5.09. The number of carbonyl (C=O) groups is 1. The number of nitriles is 1. The van der Waals surface area contributed by atoms with Gasteiger partial charge in [0.05, 0.1) is 12.7 Å². The molecule has 0 unspecified atom stereocenters. The van der Waals surface area contributed by atoms with Gasteiger partial charge >= 0.3 is 6.03 Å². The fourth-order valence-corrected chi connectivity index (χ4v) is 2.32. The molecular formula is C15H19N3O2. The van der Waals surface area contributed by atoms with Gasteiger partial charge in [-0.1, -0.05) is 13.0 Å². The van der Waals surface area contributed by atoms with Crippen molar-refractivity contribution in [2.75, 3.05) is 25.5 Å². The average molecular weight is 273 g/mol. The van der Waals surface area contributed by atoms with Gasteiger partial charge in [-0.3, -0.25) is 0 Å². The van der Waals surface area contributed by atoms with Crippen LogP contribution < -0.4 is 10.1 Å². The topological polar surface area (TPSA) is 65.4 Å². The van der Waals surface area contributed by atoms with Crippen LogP contribution in [0, 0.1) is 17.2 Å². The third kappa shape index (κ3) is 3.02. The van der Waals surface area contributed by atoms with Crippen LogP contribution in [0.1, 0.15) is 25.3 Å². The highest BCUT2D eigenvalue weighted by Crippen LogP contribution is 2.28. The Hall–Kier alpha value is -2.22. The molecule has 5 heteroatoms. The van der Waals surface area contributed by atoms with Gasteiger partial charge in [0.25, 0.3) is 0 Å². The zero-order chi connectivity index (χ0) is 14.5. The fraction of sp³-hybridized carbons (Fsp3) is 0.467. The Bertz CT molecular complexity index is 528. The van der Waals surface area contributed by atoms with Crippen molar-refractivity contribution in [1.82, 2.24) is 4.90 Å². The quantitative estimate of drug-likeness (QED) is 0.901. The molecular weight excluding hydrogens is 254 g/mol. The molecule has 0 atom stereocenters. The molecule has 1 heterocycles. The number of hydrogen-bond donors (Lipinski definition) is 1. The van der Waals surface area contributed by atoms with E-state index in [9.17, 15) is 4.79 Å². The van der Waals surface area contributed by atoms with E-state index in [1.807, 2.05) is 0 Å². The number of nitrogens with one attached hydrogen (secondary N) is 1. The van der Waals surface area contributed by atoms with Crippen molar-refractivity contribution in [1.29, 1.82) is 5.26 Å². The molecule has 106 valence electrons. The molecule has 2 amide bonds. The minimum Gasteiger partial charge on any atom is -0.495 e. The number of carbonyl (C=O) groups excluding carboxylic acids is 1. The highest BCUT2D eigenvalue weighted by atomic mass is 16.5. The molecule has 1 saturated heterocycles. The summed E-state index contributed by atoms with van der Waals surface area (Å²) in [5.41, 5.74) is 0.851. The first-order valence-corrected chi connectivity index (χ1v) is 6.78. The summed E-state index contributed by atoms with van der Waals surface area (Å²) in [6.07, 6.45) is 2.04. The van der Waals surface area contributed by atoms with Gasteiger partial charge in [0.2, 0.25) is 0 Å². The number of benzene rings is 1. The number of methoxy groups -OCH3 is 1. The standard InChI is InChI=1S/C15H19N3O2/c1-11-6-8-18(9-7-11)15(19)17-14-12(10-16)4-3-5-13(14)20-2/h3-5,11H,6-9H2,1-2H3,(H,17,19). The maximum absolute atomic E-state index is 12.3. The lowest BCUT2D eigenvalue weighted by atomic mass is 10.00. The second-order valence-corrected chi connectivity index (χ2v) is 5.09. The summed E-state index contributed by atoms with van der Waals surface area (Å²) < 4.78 is 5.21. The van der Waals surface area contributed by atoms with Gasteiger partial charge in [0, 0.05) is 13.1 Å². The smallest absolute Gasteiger partial charge is 0.321 e. The van der Waals surface area contributed by atoms with E-state index in [0.717, 1.165) is 25.9 Å². The SMILES string of the molecule is COc1cccc(C#N)c1NC(=O)N1CCC(C)CC1. The van der Waals surface area contributed by atoms with E-state index in [4.69, 9.17) is 10.00 Å². The summed E-state index contributed by atoms with van der Waals surface area (Å²) in [7, 11) is 1.52. The van der Waals surface area contributed by atoms with E-state index in [0.29, 0.717) is 22.9 Å². The van der Waals surface area contributed by atoms with Gasteiger partial charge in [0.15, 0.2) is 0 Å². The van der Waals surface area contributed by atoms with Gasteiger partial charge < -0.3 is 15.0 Å². The number of urea groups is 1. The van der Waals surface area contributed by atoms with Crippen LogP contribution in [-0.2, 0) is 0 Å². The highest BCUT2D eigenvalue weighted by molar-refractivity contribution is 5.92. The third-order valence-electron chi connectivity index (χ3n) is 3.67. The predicted molar refractivity (Wildman–Crippen MR) is 76.7 cm³/mol. The van der Waals surface area contributed by atoms with Gasteiger partial charge in [-0.05, 0) is 30.9 Å². The minimum atomic E-state index is -0.169. The van der Waals surface area contributed by atoms with Crippen LogP contribution >= 0.6 is 0 Å². The monoisotopic (exact) mass is 273 g/mol. The number of anilines is 1. The highest BCUT2D eigenvalue weighted by Gasteiger charge is 2.22. The Labute approximate surface area is 119 Å². The van der Waals surface area contributed by atoms with Crippen molar-refractivity contribution in [2.45, 2.75) is 19.8 Å². The van der Waals surface area contributed by atoms with Gasteiger partial charge in [0.1, 0.15) is 17.5 Å². The first-order valence-electron chi connectivity index (χ1n) is 6.78. The van der Waals surface area contributed by atoms with Crippen molar-refractivity contribution in [3.05, 3.63) is 23.8 Å². The number of hydrogen-bond acceptors (Lipinski definition) is 3. The van der Waals surface area contributed by atoms with E-state index >= 15 is 0 Å². The van der Waals surface area contributed by atoms with Crippen molar-refractivity contribution in [3.8, 4) is 11.8 Å². The van der Waals surface area contributed by atoms with Crippen LogP contribution in [0.5, 0.6) is 5.75 Å². The molecule has 1 aromatic rings. The van der Waals surface area contributed by atoms with Crippen LogP contribution in [0.2, 0.25) is 0 Å². The molecule has 0 aliphatic carbocycles. The molecule has 5 nitrogen and oxygen atoms in total. The summed E-state index contributed by atoms with van der Waals surface area (Å²) in [5.74, 6) is 1.17. The lowest BCUT2D eigenvalue weighted by Crippen LogP contribution is -2.40. The number of rotatable bonds is 2. The Kier molecular flexibility index (Phi) is 4.46. The molecule has 0 aromatic heterocycles. The third-order valence-corrected chi connectivity index (χ3v) is 3.67. The molecule has 1 aliphatic heterocycles. The van der Waals surface area contributed by atoms with E-state index in [2.05, 4.69) is 18.3 Å². The number of para-hydroxylation sites is 1. The Morgan fingerprint density at radius 3 is 2.75 bits per heavy atom. The molecule has 1 N–H and O–H groups in total. The molecule has 20 heavy (non-hydrogen) atoms. The van der Waals surface area contributed by atoms with Crippen LogP contribution in [0.3, 0.4) is 0 Å². The fourth-order valence-electron chi connectivity index (χ4n) is 2.32. The van der Waals surface area contributed by atoms with Crippen LogP contribution in [0.15, 0.2) is 18.2 Å². The summed E-state index contributed by atoms with van der Waals surface area (Å²) in [6, 6.07) is 7.03. The number of nitrogens with zero attached hydrogens (tertiary/aromatic N) is 2. The maximum Gasteiger partial charge on any atom is 0.321 e. The second kappa shape index (κ2) is 6.29. The number of ether oxygens (including phenoxy) is 1. The zero-order valence-corrected chi connectivity index (χ0v) is 11.8. The first-order chi connectivity index (χ1) is 9.65. The molecule has 1 aromatic carbocycles. The molecule has 1 aliphatic rings. The largest absolute Gasteiger partial charge is 0.495 e. The van der Waals surface area contributed by atoms with Crippen molar-refractivity contribution in [3.63, 3.8) is 0 Å². The van der Waals surface area contributed by atoms with E-state index in [1.165, 1.54) is 7.11 Å². The molecule has 0 radical (unpaired) electrons. The Balaban J connectivity index is 2.13. The summed E-state index contributed by atoms with van der Waals surface area (Å²) in [6.45, 7) is 3.71. The van der Waals surface area contributed by atoms with Gasteiger partial charge in [-0.2, -0.15) is 5.26 Å². The van der Waals surface area contributed by atoms with Crippen LogP contribution in [-0.4, -0.2) is 31.1 Å². The molecule has 1 fully saturated rings. The lowest BCUT2D eigenvalue weighted by Gasteiger charge is -2.30. The molecule has 0 saturated carbocycles. The predicted octanol–water partition coefficient (Wildman–Crippen LogP) is 2.83.